The van der Waals surface area contributed by atoms with Gasteiger partial charge >= 0.3 is 5.63 Å². The second-order valence-corrected chi connectivity index (χ2v) is 8.63. The number of para-hydroxylation sites is 1. The minimum absolute atomic E-state index is 0.152. The molecule has 2 atom stereocenters. The van der Waals surface area contributed by atoms with E-state index in [1.165, 1.54) is 0 Å². The van der Waals surface area contributed by atoms with E-state index in [0.29, 0.717) is 5.58 Å². The van der Waals surface area contributed by atoms with E-state index >= 15 is 0 Å². The van der Waals surface area contributed by atoms with Crippen LogP contribution in [0.25, 0.3) is 11.0 Å². The third-order valence-electron chi connectivity index (χ3n) is 5.55. The van der Waals surface area contributed by atoms with Gasteiger partial charge in [0.15, 0.2) is 0 Å². The van der Waals surface area contributed by atoms with Crippen molar-refractivity contribution in [2.24, 2.45) is 10.8 Å². The summed E-state index contributed by atoms with van der Waals surface area (Å²) in [5.74, 6) is -0.180. The molecule has 4 rings (SSSR count). The predicted octanol–water partition coefficient (Wildman–Crippen LogP) is 3.83. The van der Waals surface area contributed by atoms with Crippen molar-refractivity contribution in [2.75, 3.05) is 6.54 Å². The summed E-state index contributed by atoms with van der Waals surface area (Å²) in [6, 6.07) is 9.21. The van der Waals surface area contributed by atoms with Crippen molar-refractivity contribution in [3.8, 4) is 0 Å². The Kier molecular flexibility index (Phi) is 3.18. The molecule has 2 aromatic rings. The van der Waals surface area contributed by atoms with E-state index in [2.05, 4.69) is 20.8 Å². The third kappa shape index (κ3) is 2.45. The number of nitrogens with zero attached hydrogens (tertiary/aromatic N) is 1. The summed E-state index contributed by atoms with van der Waals surface area (Å²) in [6.07, 6.45) is 3.14. The largest absolute Gasteiger partial charge is 0.422 e. The Morgan fingerprint density at radius 3 is 2.75 bits per heavy atom. The van der Waals surface area contributed by atoms with Crippen LogP contribution >= 0.6 is 0 Å². The standard InChI is InChI=1S/C20H23NO3/c1-19(2)9-14-10-20(3,11-19)12-21(14)17(22)15-8-13-6-4-5-7-16(13)24-18(15)23/h4-8,14H,9-12H2,1-3H3. The van der Waals surface area contributed by atoms with Crippen molar-refractivity contribution in [3.63, 3.8) is 0 Å². The molecule has 1 aromatic heterocycles. The molecule has 0 spiro atoms. The van der Waals surface area contributed by atoms with Gasteiger partial charge in [-0.25, -0.2) is 4.79 Å². The van der Waals surface area contributed by atoms with Gasteiger partial charge in [-0.2, -0.15) is 0 Å². The lowest BCUT2D eigenvalue weighted by Crippen LogP contribution is -2.39. The third-order valence-corrected chi connectivity index (χ3v) is 5.55. The number of benzene rings is 1. The lowest BCUT2D eigenvalue weighted by atomic mass is 9.65. The Hall–Kier alpha value is -2.10. The maximum atomic E-state index is 13.1. The highest BCUT2D eigenvalue weighted by molar-refractivity contribution is 5.97. The van der Waals surface area contributed by atoms with Gasteiger partial charge in [0.05, 0.1) is 0 Å². The second kappa shape index (κ2) is 4.95. The summed E-state index contributed by atoms with van der Waals surface area (Å²) in [4.78, 5) is 27.3. The molecule has 1 aromatic carbocycles. The number of carbonyl (C=O) groups excluding carboxylic acids is 1. The van der Waals surface area contributed by atoms with Crippen molar-refractivity contribution in [3.05, 3.63) is 46.3 Å². The van der Waals surface area contributed by atoms with Crippen LogP contribution in [-0.4, -0.2) is 23.4 Å². The van der Waals surface area contributed by atoms with Gasteiger partial charge in [-0.15, -0.1) is 0 Å². The highest BCUT2D eigenvalue weighted by Gasteiger charge is 2.51. The molecule has 1 aliphatic heterocycles. The van der Waals surface area contributed by atoms with Crippen molar-refractivity contribution in [1.29, 1.82) is 0 Å². The van der Waals surface area contributed by atoms with Gasteiger partial charge in [-0.1, -0.05) is 39.0 Å². The molecule has 1 saturated heterocycles. The maximum Gasteiger partial charge on any atom is 0.349 e. The van der Waals surface area contributed by atoms with Gasteiger partial charge in [0.1, 0.15) is 11.1 Å². The number of likely N-dealkylation sites (tertiary alicyclic amines) is 1. The molecule has 2 aliphatic rings. The summed E-state index contributed by atoms with van der Waals surface area (Å²) in [7, 11) is 0. The molecule has 2 unspecified atom stereocenters. The fourth-order valence-electron chi connectivity index (χ4n) is 5.06. The number of fused-ring (bicyclic) bond motifs is 3. The van der Waals surface area contributed by atoms with E-state index in [4.69, 9.17) is 4.42 Å². The molecule has 126 valence electrons. The number of rotatable bonds is 1. The van der Waals surface area contributed by atoms with Crippen LogP contribution in [0, 0.1) is 10.8 Å². The second-order valence-electron chi connectivity index (χ2n) is 8.63. The van der Waals surface area contributed by atoms with E-state index < -0.39 is 5.63 Å². The van der Waals surface area contributed by atoms with Crippen molar-refractivity contribution < 1.29 is 9.21 Å². The minimum Gasteiger partial charge on any atom is -0.422 e. The zero-order chi connectivity index (χ0) is 17.1. The summed E-state index contributed by atoms with van der Waals surface area (Å²) in [6.45, 7) is 7.54. The van der Waals surface area contributed by atoms with Crippen LogP contribution in [0.2, 0.25) is 0 Å². The number of hydrogen-bond donors (Lipinski definition) is 0. The summed E-state index contributed by atoms with van der Waals surface area (Å²) in [5, 5.41) is 0.786. The molecular weight excluding hydrogens is 302 g/mol. The lowest BCUT2D eigenvalue weighted by molar-refractivity contribution is 0.0704. The highest BCUT2D eigenvalue weighted by atomic mass is 16.4. The van der Waals surface area contributed by atoms with Crippen LogP contribution in [0.5, 0.6) is 0 Å². The quantitative estimate of drug-likeness (QED) is 0.749. The monoisotopic (exact) mass is 325 g/mol. The van der Waals surface area contributed by atoms with E-state index in [9.17, 15) is 9.59 Å². The molecule has 0 radical (unpaired) electrons. The van der Waals surface area contributed by atoms with Crippen LogP contribution in [0.4, 0.5) is 0 Å². The molecule has 1 saturated carbocycles. The summed E-state index contributed by atoms with van der Waals surface area (Å²) >= 11 is 0. The average Bonchev–Trinajstić information content (AvgIpc) is 2.75. The molecule has 4 nitrogen and oxygen atoms in total. The van der Waals surface area contributed by atoms with Crippen LogP contribution in [0.1, 0.15) is 50.4 Å². The van der Waals surface area contributed by atoms with Gasteiger partial charge in [-0.05, 0) is 42.2 Å². The Morgan fingerprint density at radius 1 is 1.21 bits per heavy atom. The van der Waals surface area contributed by atoms with Crippen molar-refractivity contribution >= 4 is 16.9 Å². The van der Waals surface area contributed by atoms with Crippen molar-refractivity contribution in [2.45, 2.75) is 46.1 Å². The van der Waals surface area contributed by atoms with Crippen LogP contribution < -0.4 is 5.63 Å². The fourth-order valence-corrected chi connectivity index (χ4v) is 5.06. The first-order chi connectivity index (χ1) is 11.3. The molecule has 2 bridgehead atoms. The lowest BCUT2D eigenvalue weighted by Gasteiger charge is -2.39. The molecule has 4 heteroatoms. The van der Waals surface area contributed by atoms with Gasteiger partial charge in [0.25, 0.3) is 5.91 Å². The Morgan fingerprint density at radius 2 is 1.96 bits per heavy atom. The van der Waals surface area contributed by atoms with Crippen LogP contribution in [-0.2, 0) is 0 Å². The van der Waals surface area contributed by atoms with Gasteiger partial charge < -0.3 is 9.32 Å². The first-order valence-electron chi connectivity index (χ1n) is 8.60. The number of carbonyl (C=O) groups is 1. The zero-order valence-electron chi connectivity index (χ0n) is 14.5. The van der Waals surface area contributed by atoms with Gasteiger partial charge in [-0.3, -0.25) is 4.79 Å². The average molecular weight is 325 g/mol. The first-order valence-corrected chi connectivity index (χ1v) is 8.60. The molecule has 2 fully saturated rings. The Bertz CT molecular complexity index is 882. The predicted molar refractivity (Wildman–Crippen MR) is 93.0 cm³/mol. The van der Waals surface area contributed by atoms with E-state index in [1.54, 1.807) is 12.1 Å². The molecule has 2 heterocycles. The highest BCUT2D eigenvalue weighted by Crippen LogP contribution is 2.52. The van der Waals surface area contributed by atoms with E-state index in [-0.39, 0.29) is 28.3 Å². The maximum absolute atomic E-state index is 13.1. The first kappa shape index (κ1) is 15.4. The van der Waals surface area contributed by atoms with E-state index in [0.717, 1.165) is 31.2 Å². The Balaban J connectivity index is 1.72. The molecule has 1 aliphatic carbocycles. The zero-order valence-corrected chi connectivity index (χ0v) is 14.5. The number of amides is 1. The normalized spacial score (nSPS) is 28.3. The molecular formula is C20H23NO3. The van der Waals surface area contributed by atoms with Gasteiger partial charge in [0, 0.05) is 18.0 Å². The van der Waals surface area contributed by atoms with Gasteiger partial charge in [0.2, 0.25) is 0 Å². The van der Waals surface area contributed by atoms with E-state index in [1.807, 2.05) is 23.1 Å². The molecule has 1 amide bonds. The van der Waals surface area contributed by atoms with Crippen molar-refractivity contribution in [1.82, 2.24) is 4.90 Å². The minimum atomic E-state index is -0.537. The topological polar surface area (TPSA) is 50.5 Å². The molecule has 24 heavy (non-hydrogen) atoms. The Labute approximate surface area is 141 Å². The number of hydrogen-bond acceptors (Lipinski definition) is 3. The van der Waals surface area contributed by atoms with Crippen LogP contribution in [0.3, 0.4) is 0 Å². The summed E-state index contributed by atoms with van der Waals surface area (Å²) < 4.78 is 5.35. The smallest absolute Gasteiger partial charge is 0.349 e. The molecule has 0 N–H and O–H groups in total. The SMILES string of the molecule is CC1(C)CC2CC(C)(CN2C(=O)c2cc3ccccc3oc2=O)C1. The summed E-state index contributed by atoms with van der Waals surface area (Å²) in [5.41, 5.74) is 0.527. The van der Waals surface area contributed by atoms with Crippen LogP contribution in [0.15, 0.2) is 39.5 Å². The fraction of sp³-hybridized carbons (Fsp3) is 0.500.